The molecule has 1 aromatic carbocycles. The van der Waals surface area contributed by atoms with Crippen molar-refractivity contribution in [2.75, 3.05) is 24.8 Å². The summed E-state index contributed by atoms with van der Waals surface area (Å²) in [4.78, 5) is 13.9. The first-order valence-electron chi connectivity index (χ1n) is 6.13. The molecular formula is C14H23ClN2OS. The van der Waals surface area contributed by atoms with E-state index in [1.165, 1.54) is 0 Å². The molecule has 0 aliphatic heterocycles. The third-order valence-corrected chi connectivity index (χ3v) is 3.77. The van der Waals surface area contributed by atoms with E-state index in [0.29, 0.717) is 12.5 Å². The fraction of sp³-hybridized carbons (Fsp3) is 0.500. The summed E-state index contributed by atoms with van der Waals surface area (Å²) in [5, 5.41) is 0. The largest absolute Gasteiger partial charge is 0.399 e. The number of likely N-dealkylation sites (N-methyl/N-ethyl adjacent to an activating group) is 1. The molecule has 5 heteroatoms. The van der Waals surface area contributed by atoms with Gasteiger partial charge in [-0.25, -0.2) is 0 Å². The third kappa shape index (κ3) is 6.21. The number of nitrogens with zero attached hydrogens (tertiary/aromatic N) is 1. The number of benzene rings is 1. The molecule has 1 rings (SSSR count). The summed E-state index contributed by atoms with van der Waals surface area (Å²) >= 11 is 1.81. The Morgan fingerprint density at radius 1 is 1.37 bits per heavy atom. The highest BCUT2D eigenvalue weighted by molar-refractivity contribution is 7.98. The quantitative estimate of drug-likeness (QED) is 0.822. The topological polar surface area (TPSA) is 46.3 Å². The van der Waals surface area contributed by atoms with Gasteiger partial charge >= 0.3 is 0 Å². The van der Waals surface area contributed by atoms with Gasteiger partial charge in [0, 0.05) is 18.8 Å². The van der Waals surface area contributed by atoms with Crippen LogP contribution in [0.3, 0.4) is 0 Å². The molecule has 0 spiro atoms. The van der Waals surface area contributed by atoms with Crippen LogP contribution < -0.4 is 5.73 Å². The molecule has 0 aliphatic rings. The molecule has 3 nitrogen and oxygen atoms in total. The summed E-state index contributed by atoms with van der Waals surface area (Å²) in [6, 6.07) is 7.78. The van der Waals surface area contributed by atoms with Crippen LogP contribution in [0.1, 0.15) is 18.9 Å². The summed E-state index contributed by atoms with van der Waals surface area (Å²) in [6.07, 6.45) is 3.56. The summed E-state index contributed by atoms with van der Waals surface area (Å²) in [7, 11) is 1.88. The molecule has 0 heterocycles. The van der Waals surface area contributed by atoms with Crippen molar-refractivity contribution in [2.45, 2.75) is 25.8 Å². The Morgan fingerprint density at radius 2 is 1.95 bits per heavy atom. The lowest BCUT2D eigenvalue weighted by Crippen LogP contribution is -2.36. The highest BCUT2D eigenvalue weighted by Crippen LogP contribution is 2.10. The number of nitrogens with two attached hydrogens (primary N) is 1. The van der Waals surface area contributed by atoms with Gasteiger partial charge in [0.1, 0.15) is 0 Å². The maximum atomic E-state index is 12.1. The first-order valence-corrected chi connectivity index (χ1v) is 7.53. The first kappa shape index (κ1) is 18.1. The van der Waals surface area contributed by atoms with Gasteiger partial charge in [-0.1, -0.05) is 12.1 Å². The van der Waals surface area contributed by atoms with Crippen LogP contribution in [0.15, 0.2) is 24.3 Å². The monoisotopic (exact) mass is 302 g/mol. The van der Waals surface area contributed by atoms with Crippen LogP contribution >= 0.6 is 24.2 Å². The van der Waals surface area contributed by atoms with Crippen molar-refractivity contribution in [2.24, 2.45) is 0 Å². The lowest BCUT2D eigenvalue weighted by Gasteiger charge is -2.25. The SMILES string of the molecule is CSCCC(C)N(C)C(=O)Cc1ccc(N)cc1.Cl. The van der Waals surface area contributed by atoms with E-state index in [0.717, 1.165) is 23.4 Å². The van der Waals surface area contributed by atoms with Gasteiger partial charge in [0.25, 0.3) is 0 Å². The Hall–Kier alpha value is -0.870. The van der Waals surface area contributed by atoms with Crippen LogP contribution in [0.4, 0.5) is 5.69 Å². The van der Waals surface area contributed by atoms with Crippen molar-refractivity contribution < 1.29 is 4.79 Å². The minimum Gasteiger partial charge on any atom is -0.399 e. The average Bonchev–Trinajstić information content (AvgIpc) is 2.37. The van der Waals surface area contributed by atoms with Crippen molar-refractivity contribution in [3.05, 3.63) is 29.8 Å². The number of anilines is 1. The number of halogens is 1. The predicted molar refractivity (Wildman–Crippen MR) is 87.0 cm³/mol. The Morgan fingerprint density at radius 3 is 2.47 bits per heavy atom. The van der Waals surface area contributed by atoms with Gasteiger partial charge in [-0.05, 0) is 43.0 Å². The molecule has 0 fully saturated rings. The second kappa shape index (κ2) is 9.10. The van der Waals surface area contributed by atoms with Crippen LogP contribution in [-0.2, 0) is 11.2 Å². The standard InChI is InChI=1S/C14H22N2OS.ClH/c1-11(8-9-18-3)16(2)14(17)10-12-4-6-13(15)7-5-12;/h4-7,11H,8-10,15H2,1-3H3;1H. The number of hydrogen-bond donors (Lipinski definition) is 1. The molecule has 0 saturated carbocycles. The van der Waals surface area contributed by atoms with Crippen LogP contribution in [0.5, 0.6) is 0 Å². The van der Waals surface area contributed by atoms with E-state index in [4.69, 9.17) is 5.73 Å². The van der Waals surface area contributed by atoms with Crippen molar-refractivity contribution in [1.29, 1.82) is 0 Å². The molecule has 1 atom stereocenters. The summed E-state index contributed by atoms with van der Waals surface area (Å²) in [5.41, 5.74) is 7.36. The number of thioether (sulfide) groups is 1. The molecule has 1 unspecified atom stereocenters. The van der Waals surface area contributed by atoms with Gasteiger partial charge in [0.15, 0.2) is 0 Å². The van der Waals surface area contributed by atoms with E-state index in [9.17, 15) is 4.79 Å². The summed E-state index contributed by atoms with van der Waals surface area (Å²) in [6.45, 7) is 2.09. The molecule has 0 aromatic heterocycles. The molecule has 1 amide bonds. The number of rotatable bonds is 6. The third-order valence-electron chi connectivity index (χ3n) is 3.13. The first-order chi connectivity index (χ1) is 8.54. The predicted octanol–water partition coefficient (Wildman–Crippen LogP) is 2.83. The Balaban J connectivity index is 0.00000324. The highest BCUT2D eigenvalue weighted by Gasteiger charge is 2.15. The van der Waals surface area contributed by atoms with E-state index in [1.807, 2.05) is 48.0 Å². The van der Waals surface area contributed by atoms with E-state index >= 15 is 0 Å². The molecule has 0 saturated heterocycles. The fourth-order valence-corrected chi connectivity index (χ4v) is 2.24. The molecule has 0 bridgehead atoms. The number of carbonyl (C=O) groups excluding carboxylic acids is 1. The zero-order chi connectivity index (χ0) is 13.5. The lowest BCUT2D eigenvalue weighted by atomic mass is 10.1. The van der Waals surface area contributed by atoms with E-state index < -0.39 is 0 Å². The van der Waals surface area contributed by atoms with Gasteiger partial charge in [-0.15, -0.1) is 12.4 Å². The lowest BCUT2D eigenvalue weighted by molar-refractivity contribution is -0.130. The summed E-state index contributed by atoms with van der Waals surface area (Å²) in [5.74, 6) is 1.24. The van der Waals surface area contributed by atoms with E-state index in [1.54, 1.807) is 0 Å². The Kier molecular flexibility index (Phi) is 8.68. The van der Waals surface area contributed by atoms with Gasteiger partial charge in [-0.2, -0.15) is 11.8 Å². The van der Waals surface area contributed by atoms with Gasteiger partial charge in [0.2, 0.25) is 5.91 Å². The molecule has 19 heavy (non-hydrogen) atoms. The minimum atomic E-state index is 0. The Labute approximate surface area is 126 Å². The number of hydrogen-bond acceptors (Lipinski definition) is 3. The molecule has 0 radical (unpaired) electrons. The molecular weight excluding hydrogens is 280 g/mol. The number of carbonyl (C=O) groups is 1. The molecule has 1 aromatic rings. The number of amides is 1. The normalized spacial score (nSPS) is 11.5. The van der Waals surface area contributed by atoms with Crippen LogP contribution in [-0.4, -0.2) is 35.9 Å². The maximum absolute atomic E-state index is 12.1. The average molecular weight is 303 g/mol. The smallest absolute Gasteiger partial charge is 0.226 e. The van der Waals surface area contributed by atoms with Crippen molar-refractivity contribution in [1.82, 2.24) is 4.90 Å². The summed E-state index contributed by atoms with van der Waals surface area (Å²) < 4.78 is 0. The van der Waals surface area contributed by atoms with E-state index in [-0.39, 0.29) is 18.3 Å². The van der Waals surface area contributed by atoms with E-state index in [2.05, 4.69) is 13.2 Å². The molecule has 0 aliphatic carbocycles. The molecule has 2 N–H and O–H groups in total. The van der Waals surface area contributed by atoms with Crippen molar-refractivity contribution in [3.8, 4) is 0 Å². The zero-order valence-electron chi connectivity index (χ0n) is 11.8. The Bertz CT molecular complexity index is 384. The van der Waals surface area contributed by atoms with Crippen LogP contribution in [0.25, 0.3) is 0 Å². The zero-order valence-corrected chi connectivity index (χ0v) is 13.4. The van der Waals surface area contributed by atoms with Crippen molar-refractivity contribution in [3.63, 3.8) is 0 Å². The second-order valence-electron chi connectivity index (χ2n) is 4.55. The van der Waals surface area contributed by atoms with Crippen LogP contribution in [0, 0.1) is 0 Å². The maximum Gasteiger partial charge on any atom is 0.226 e. The minimum absolute atomic E-state index is 0. The molecule has 108 valence electrons. The van der Waals surface area contributed by atoms with Gasteiger partial charge in [-0.3, -0.25) is 4.79 Å². The second-order valence-corrected chi connectivity index (χ2v) is 5.54. The highest BCUT2D eigenvalue weighted by atomic mass is 35.5. The number of nitrogen functional groups attached to an aromatic ring is 1. The van der Waals surface area contributed by atoms with Crippen LogP contribution in [0.2, 0.25) is 0 Å². The van der Waals surface area contributed by atoms with Crippen molar-refractivity contribution >= 4 is 35.8 Å². The van der Waals surface area contributed by atoms with Gasteiger partial charge in [0.05, 0.1) is 6.42 Å². The van der Waals surface area contributed by atoms with Gasteiger partial charge < -0.3 is 10.6 Å². The fourth-order valence-electron chi connectivity index (χ4n) is 1.66.